The van der Waals surface area contributed by atoms with Crippen molar-refractivity contribution < 1.29 is 8.42 Å². The molecule has 2 N–H and O–H groups in total. The summed E-state index contributed by atoms with van der Waals surface area (Å²) in [4.78, 5) is 7.22. The molecular formula is C15H12N4O2S. The van der Waals surface area contributed by atoms with Crippen LogP contribution in [-0.4, -0.2) is 24.6 Å². The molecule has 2 heterocycles. The Labute approximate surface area is 127 Å². The van der Waals surface area contributed by atoms with Crippen molar-refractivity contribution in [3.8, 4) is 17.2 Å². The molecule has 7 heteroatoms. The number of anilines is 1. The second kappa shape index (κ2) is 5.16. The SMILES string of the molecule is CS(=O)(=O)Nc1cccc(-c2cnc3[nH]cc(C#N)c3c2)c1. The third-order valence-corrected chi connectivity index (χ3v) is 3.76. The van der Waals surface area contributed by atoms with Gasteiger partial charge in [-0.2, -0.15) is 5.26 Å². The van der Waals surface area contributed by atoms with E-state index in [4.69, 9.17) is 5.26 Å². The van der Waals surface area contributed by atoms with Crippen LogP contribution in [0.1, 0.15) is 5.56 Å². The van der Waals surface area contributed by atoms with Crippen molar-refractivity contribution in [2.24, 2.45) is 0 Å². The van der Waals surface area contributed by atoms with Gasteiger partial charge in [-0.1, -0.05) is 12.1 Å². The van der Waals surface area contributed by atoms with Crippen molar-refractivity contribution in [3.05, 3.63) is 48.3 Å². The van der Waals surface area contributed by atoms with Crippen molar-refractivity contribution in [2.45, 2.75) is 0 Å². The van der Waals surface area contributed by atoms with Crippen LogP contribution >= 0.6 is 0 Å². The molecule has 0 aliphatic carbocycles. The van der Waals surface area contributed by atoms with Crippen molar-refractivity contribution in [1.82, 2.24) is 9.97 Å². The number of nitrogens with one attached hydrogen (secondary N) is 2. The summed E-state index contributed by atoms with van der Waals surface area (Å²) in [5, 5.41) is 9.82. The molecule has 0 aliphatic heterocycles. The number of aromatic nitrogens is 2. The zero-order valence-corrected chi connectivity index (χ0v) is 12.5. The smallest absolute Gasteiger partial charge is 0.229 e. The summed E-state index contributed by atoms with van der Waals surface area (Å²) in [6.07, 6.45) is 4.40. The topological polar surface area (TPSA) is 98.6 Å². The molecule has 2 aromatic heterocycles. The fraction of sp³-hybridized carbons (Fsp3) is 0.0667. The maximum Gasteiger partial charge on any atom is 0.229 e. The molecule has 1 aromatic carbocycles. The van der Waals surface area contributed by atoms with Gasteiger partial charge in [0.15, 0.2) is 0 Å². The van der Waals surface area contributed by atoms with E-state index >= 15 is 0 Å². The first-order valence-corrected chi connectivity index (χ1v) is 8.31. The predicted octanol–water partition coefficient (Wildman–Crippen LogP) is 2.47. The van der Waals surface area contributed by atoms with Gasteiger partial charge in [-0.3, -0.25) is 4.72 Å². The highest BCUT2D eigenvalue weighted by Crippen LogP contribution is 2.26. The van der Waals surface area contributed by atoms with Gasteiger partial charge in [-0.05, 0) is 23.8 Å². The molecule has 3 rings (SSSR count). The highest BCUT2D eigenvalue weighted by atomic mass is 32.2. The molecule has 0 spiro atoms. The van der Waals surface area contributed by atoms with E-state index in [-0.39, 0.29) is 0 Å². The summed E-state index contributed by atoms with van der Waals surface area (Å²) in [5.41, 5.74) is 3.27. The summed E-state index contributed by atoms with van der Waals surface area (Å²) in [6, 6.07) is 11.0. The Kier molecular flexibility index (Phi) is 3.31. The first-order valence-electron chi connectivity index (χ1n) is 6.42. The normalized spacial score (nSPS) is 11.3. The van der Waals surface area contributed by atoms with E-state index in [1.54, 1.807) is 30.6 Å². The number of pyridine rings is 1. The number of hydrogen-bond donors (Lipinski definition) is 2. The number of hydrogen-bond acceptors (Lipinski definition) is 4. The molecule has 22 heavy (non-hydrogen) atoms. The van der Waals surface area contributed by atoms with E-state index in [0.29, 0.717) is 16.9 Å². The van der Waals surface area contributed by atoms with Crippen LogP contribution in [0.2, 0.25) is 0 Å². The van der Waals surface area contributed by atoms with Crippen molar-refractivity contribution in [2.75, 3.05) is 11.0 Å². The van der Waals surface area contributed by atoms with Crippen molar-refractivity contribution >= 4 is 26.7 Å². The predicted molar refractivity (Wildman–Crippen MR) is 84.7 cm³/mol. The summed E-state index contributed by atoms with van der Waals surface area (Å²) in [6.45, 7) is 0. The third-order valence-electron chi connectivity index (χ3n) is 3.15. The van der Waals surface area contributed by atoms with Gasteiger partial charge in [-0.15, -0.1) is 0 Å². The number of nitrogens with zero attached hydrogens (tertiary/aromatic N) is 2. The molecule has 0 aliphatic rings. The minimum atomic E-state index is -3.33. The van der Waals surface area contributed by atoms with E-state index in [1.807, 2.05) is 12.1 Å². The summed E-state index contributed by atoms with van der Waals surface area (Å²) < 4.78 is 25.1. The zero-order chi connectivity index (χ0) is 15.7. The minimum Gasteiger partial charge on any atom is -0.345 e. The Hall–Kier alpha value is -2.85. The van der Waals surface area contributed by atoms with Crippen LogP contribution in [0.5, 0.6) is 0 Å². The molecule has 0 atom stereocenters. The average Bonchev–Trinajstić information content (AvgIpc) is 2.88. The van der Waals surface area contributed by atoms with E-state index < -0.39 is 10.0 Å². The van der Waals surface area contributed by atoms with Crippen LogP contribution in [0.15, 0.2) is 42.7 Å². The second-order valence-electron chi connectivity index (χ2n) is 4.89. The highest BCUT2D eigenvalue weighted by molar-refractivity contribution is 7.92. The number of nitriles is 1. The van der Waals surface area contributed by atoms with Crippen LogP contribution in [-0.2, 0) is 10.0 Å². The van der Waals surface area contributed by atoms with Crippen LogP contribution in [0.25, 0.3) is 22.2 Å². The molecule has 0 saturated heterocycles. The lowest BCUT2D eigenvalue weighted by atomic mass is 10.1. The maximum atomic E-state index is 11.3. The summed E-state index contributed by atoms with van der Waals surface area (Å²) in [7, 11) is -3.33. The molecule has 0 amide bonds. The number of fused-ring (bicyclic) bond motifs is 1. The van der Waals surface area contributed by atoms with Crippen molar-refractivity contribution in [3.63, 3.8) is 0 Å². The molecule has 6 nitrogen and oxygen atoms in total. The van der Waals surface area contributed by atoms with Gasteiger partial charge in [0.05, 0.1) is 11.8 Å². The fourth-order valence-corrected chi connectivity index (χ4v) is 2.79. The highest BCUT2D eigenvalue weighted by Gasteiger charge is 2.08. The van der Waals surface area contributed by atoms with Crippen molar-refractivity contribution in [1.29, 1.82) is 5.26 Å². The van der Waals surface area contributed by atoms with E-state index in [9.17, 15) is 8.42 Å². The molecular weight excluding hydrogens is 300 g/mol. The number of aromatic amines is 1. The summed E-state index contributed by atoms with van der Waals surface area (Å²) >= 11 is 0. The standard InChI is InChI=1S/C15H12N4O2S/c1-22(20,21)19-13-4-2-3-10(5-13)11-6-14-12(7-16)9-18-15(14)17-8-11/h2-6,8-9,19H,1H3,(H,17,18). The van der Waals surface area contributed by atoms with Crippen LogP contribution in [0.4, 0.5) is 5.69 Å². The van der Waals surface area contributed by atoms with Gasteiger partial charge in [0.1, 0.15) is 11.7 Å². The maximum absolute atomic E-state index is 11.3. The number of rotatable bonds is 3. The average molecular weight is 312 g/mol. The fourth-order valence-electron chi connectivity index (χ4n) is 2.23. The van der Waals surface area contributed by atoms with Gasteiger partial charge in [-0.25, -0.2) is 13.4 Å². The first-order chi connectivity index (χ1) is 10.5. The Bertz CT molecular complexity index is 1000. The largest absolute Gasteiger partial charge is 0.345 e. The second-order valence-corrected chi connectivity index (χ2v) is 6.64. The zero-order valence-electron chi connectivity index (χ0n) is 11.7. The summed E-state index contributed by atoms with van der Waals surface area (Å²) in [5.74, 6) is 0. The number of benzene rings is 1. The molecule has 0 saturated carbocycles. The monoisotopic (exact) mass is 312 g/mol. The Balaban J connectivity index is 2.07. The number of sulfonamides is 1. The van der Waals surface area contributed by atoms with Gasteiger partial charge in [0.2, 0.25) is 10.0 Å². The molecule has 3 aromatic rings. The lowest BCUT2D eigenvalue weighted by Gasteiger charge is -2.07. The molecule has 0 fully saturated rings. The lowest BCUT2D eigenvalue weighted by molar-refractivity contribution is 0.607. The molecule has 0 unspecified atom stereocenters. The number of H-pyrrole nitrogens is 1. The molecule has 0 radical (unpaired) electrons. The van der Waals surface area contributed by atoms with E-state index in [0.717, 1.165) is 22.8 Å². The van der Waals surface area contributed by atoms with E-state index in [1.165, 1.54) is 0 Å². The van der Waals surface area contributed by atoms with Gasteiger partial charge < -0.3 is 4.98 Å². The van der Waals surface area contributed by atoms with Crippen LogP contribution in [0, 0.1) is 11.3 Å². The van der Waals surface area contributed by atoms with Gasteiger partial charge in [0, 0.05) is 29.0 Å². The molecule has 110 valence electrons. The van der Waals surface area contributed by atoms with E-state index in [2.05, 4.69) is 20.8 Å². The van der Waals surface area contributed by atoms with Gasteiger partial charge in [0.25, 0.3) is 0 Å². The first kappa shape index (κ1) is 14.1. The Morgan fingerprint density at radius 2 is 2.09 bits per heavy atom. The Morgan fingerprint density at radius 3 is 2.82 bits per heavy atom. The molecule has 0 bridgehead atoms. The minimum absolute atomic E-state index is 0.481. The van der Waals surface area contributed by atoms with Crippen LogP contribution < -0.4 is 4.72 Å². The quantitative estimate of drug-likeness (QED) is 0.776. The Morgan fingerprint density at radius 1 is 1.27 bits per heavy atom. The van der Waals surface area contributed by atoms with Gasteiger partial charge >= 0.3 is 0 Å². The van der Waals surface area contributed by atoms with Crippen LogP contribution in [0.3, 0.4) is 0 Å². The third kappa shape index (κ3) is 2.77. The lowest BCUT2D eigenvalue weighted by Crippen LogP contribution is -2.09.